The Labute approximate surface area is 121 Å². The molecule has 0 aromatic heterocycles. The molecule has 0 radical (unpaired) electrons. The molecule has 0 aliphatic heterocycles. The van der Waals surface area contributed by atoms with Crippen LogP contribution in [0, 0.1) is 5.92 Å². The quantitative estimate of drug-likeness (QED) is 0.288. The molecule has 0 saturated carbocycles. The van der Waals surface area contributed by atoms with E-state index in [2.05, 4.69) is 40.3 Å². The third-order valence-electron chi connectivity index (χ3n) is 4.46. The first-order valence-corrected chi connectivity index (χ1v) is 8.47. The summed E-state index contributed by atoms with van der Waals surface area (Å²) in [4.78, 5) is 0. The summed E-state index contributed by atoms with van der Waals surface area (Å²) in [6.45, 7) is 13.7. The summed E-state index contributed by atoms with van der Waals surface area (Å²) >= 11 is 0. The van der Waals surface area contributed by atoms with E-state index in [-0.39, 0.29) is 5.60 Å². The van der Waals surface area contributed by atoms with Gasteiger partial charge in [0, 0.05) is 12.5 Å². The van der Waals surface area contributed by atoms with E-state index in [1.807, 2.05) is 0 Å². The summed E-state index contributed by atoms with van der Waals surface area (Å²) in [7, 11) is 0. The average Bonchev–Trinajstić information content (AvgIpc) is 2.45. The molecule has 0 heterocycles. The largest absolute Gasteiger partial charge is 0.375 e. The third-order valence-corrected chi connectivity index (χ3v) is 4.46. The Bertz CT molecular complexity index is 206. The van der Waals surface area contributed by atoms with E-state index >= 15 is 0 Å². The van der Waals surface area contributed by atoms with E-state index < -0.39 is 0 Å². The maximum Gasteiger partial charge on any atom is 0.0739 e. The van der Waals surface area contributed by atoms with E-state index in [9.17, 15) is 0 Å². The zero-order valence-electron chi connectivity index (χ0n) is 13.8. The summed E-state index contributed by atoms with van der Waals surface area (Å²) in [6, 6.07) is 0. The molecule has 0 bridgehead atoms. The second-order valence-electron chi connectivity index (χ2n) is 5.60. The van der Waals surface area contributed by atoms with Gasteiger partial charge in [-0.05, 0) is 26.2 Å². The number of hydrogen-bond donors (Lipinski definition) is 0. The Balaban J connectivity index is 4.18. The molecular formula is C18H36O. The lowest BCUT2D eigenvalue weighted by Crippen LogP contribution is -2.39. The molecule has 1 unspecified atom stereocenters. The van der Waals surface area contributed by atoms with Crippen LogP contribution in [0.15, 0.2) is 12.7 Å². The van der Waals surface area contributed by atoms with Crippen LogP contribution in [0.3, 0.4) is 0 Å². The second-order valence-corrected chi connectivity index (χ2v) is 5.60. The first-order chi connectivity index (χ1) is 9.20. The van der Waals surface area contributed by atoms with Crippen molar-refractivity contribution in [2.24, 2.45) is 5.92 Å². The summed E-state index contributed by atoms with van der Waals surface area (Å²) < 4.78 is 6.11. The van der Waals surface area contributed by atoms with E-state index in [1.165, 1.54) is 44.9 Å². The van der Waals surface area contributed by atoms with Crippen LogP contribution in [-0.2, 0) is 4.74 Å². The Morgan fingerprint density at radius 1 is 0.947 bits per heavy atom. The van der Waals surface area contributed by atoms with Crippen molar-refractivity contribution in [3.63, 3.8) is 0 Å². The summed E-state index contributed by atoms with van der Waals surface area (Å²) in [5.74, 6) is 0.508. The highest BCUT2D eigenvalue weighted by Gasteiger charge is 2.33. The van der Waals surface area contributed by atoms with Gasteiger partial charge in [-0.1, -0.05) is 65.4 Å². The molecule has 0 rings (SSSR count). The lowest BCUT2D eigenvalue weighted by atomic mass is 9.79. The van der Waals surface area contributed by atoms with Crippen LogP contribution in [0.5, 0.6) is 0 Å². The van der Waals surface area contributed by atoms with Crippen molar-refractivity contribution in [1.82, 2.24) is 0 Å². The molecule has 19 heavy (non-hydrogen) atoms. The van der Waals surface area contributed by atoms with Crippen molar-refractivity contribution in [2.75, 3.05) is 6.61 Å². The van der Waals surface area contributed by atoms with Gasteiger partial charge in [-0.15, -0.1) is 6.58 Å². The molecule has 1 heteroatoms. The number of ether oxygens (including phenoxy) is 1. The normalized spacial score (nSPS) is 13.5. The van der Waals surface area contributed by atoms with Crippen molar-refractivity contribution >= 4 is 0 Å². The van der Waals surface area contributed by atoms with Gasteiger partial charge in [0.05, 0.1) is 5.60 Å². The molecular weight excluding hydrogens is 232 g/mol. The predicted octanol–water partition coefficient (Wildman–Crippen LogP) is 6.13. The molecule has 0 aliphatic carbocycles. The van der Waals surface area contributed by atoms with Crippen molar-refractivity contribution in [3.05, 3.63) is 12.7 Å². The molecule has 1 atom stereocenters. The lowest BCUT2D eigenvalue weighted by molar-refractivity contribution is -0.0773. The summed E-state index contributed by atoms with van der Waals surface area (Å²) in [5, 5.41) is 0. The second kappa shape index (κ2) is 11.5. The van der Waals surface area contributed by atoms with Crippen LogP contribution in [0.25, 0.3) is 0 Å². The van der Waals surface area contributed by atoms with Gasteiger partial charge in [0.15, 0.2) is 0 Å². The molecule has 0 saturated heterocycles. The number of hydrogen-bond acceptors (Lipinski definition) is 1. The first kappa shape index (κ1) is 18.7. The third kappa shape index (κ3) is 6.61. The smallest absolute Gasteiger partial charge is 0.0739 e. The maximum absolute atomic E-state index is 6.11. The molecule has 0 aromatic rings. The van der Waals surface area contributed by atoms with Crippen LogP contribution < -0.4 is 0 Å². The first-order valence-electron chi connectivity index (χ1n) is 8.47. The zero-order valence-corrected chi connectivity index (χ0v) is 13.8. The highest BCUT2D eigenvalue weighted by Crippen LogP contribution is 2.34. The van der Waals surface area contributed by atoms with Gasteiger partial charge < -0.3 is 4.74 Å². The fraction of sp³-hybridized carbons (Fsp3) is 0.889. The van der Waals surface area contributed by atoms with Crippen LogP contribution in [0.2, 0.25) is 0 Å². The standard InChI is InChI=1S/C18H36O/c1-6-11-12-13-14-15-16-17(7-2)18(8-3,9-4)19-10-5/h7,17H,2,6,8-16H2,1,3-5H3. The van der Waals surface area contributed by atoms with Gasteiger partial charge in [0.2, 0.25) is 0 Å². The molecule has 1 nitrogen and oxygen atoms in total. The SMILES string of the molecule is C=CC(CCCCCCCC)C(CC)(CC)OCC. The molecule has 114 valence electrons. The molecule has 0 N–H and O–H groups in total. The fourth-order valence-electron chi connectivity index (χ4n) is 3.11. The fourth-order valence-corrected chi connectivity index (χ4v) is 3.11. The maximum atomic E-state index is 6.11. The van der Waals surface area contributed by atoms with Crippen molar-refractivity contribution in [1.29, 1.82) is 0 Å². The highest BCUT2D eigenvalue weighted by molar-refractivity contribution is 4.95. The average molecular weight is 268 g/mol. The highest BCUT2D eigenvalue weighted by atomic mass is 16.5. The Hall–Kier alpha value is -0.300. The van der Waals surface area contributed by atoms with E-state index in [0.29, 0.717) is 5.92 Å². The molecule has 0 amide bonds. The minimum atomic E-state index is 0.0277. The Morgan fingerprint density at radius 2 is 1.53 bits per heavy atom. The van der Waals surface area contributed by atoms with E-state index in [0.717, 1.165) is 19.4 Å². The van der Waals surface area contributed by atoms with Gasteiger partial charge in [-0.3, -0.25) is 0 Å². The number of rotatable bonds is 13. The zero-order chi connectivity index (χ0) is 14.6. The molecule has 0 fully saturated rings. The van der Waals surface area contributed by atoms with Crippen molar-refractivity contribution in [3.8, 4) is 0 Å². The molecule has 0 spiro atoms. The summed E-state index contributed by atoms with van der Waals surface area (Å²) in [6.07, 6.45) is 13.7. The minimum Gasteiger partial charge on any atom is -0.375 e. The molecule has 0 aromatic carbocycles. The van der Waals surface area contributed by atoms with Gasteiger partial charge >= 0.3 is 0 Å². The lowest BCUT2D eigenvalue weighted by Gasteiger charge is -2.38. The Morgan fingerprint density at radius 3 is 2.00 bits per heavy atom. The number of unbranched alkanes of at least 4 members (excludes halogenated alkanes) is 5. The monoisotopic (exact) mass is 268 g/mol. The van der Waals surface area contributed by atoms with Gasteiger partial charge in [-0.2, -0.15) is 0 Å². The van der Waals surface area contributed by atoms with Crippen molar-refractivity contribution in [2.45, 2.75) is 91.1 Å². The Kier molecular flexibility index (Phi) is 11.3. The van der Waals surface area contributed by atoms with Gasteiger partial charge in [0.1, 0.15) is 0 Å². The van der Waals surface area contributed by atoms with E-state index in [4.69, 9.17) is 4.74 Å². The van der Waals surface area contributed by atoms with Gasteiger partial charge in [-0.25, -0.2) is 0 Å². The van der Waals surface area contributed by atoms with Crippen LogP contribution in [0.1, 0.15) is 85.5 Å². The van der Waals surface area contributed by atoms with Crippen LogP contribution in [0.4, 0.5) is 0 Å². The van der Waals surface area contributed by atoms with Crippen LogP contribution >= 0.6 is 0 Å². The van der Waals surface area contributed by atoms with Crippen molar-refractivity contribution < 1.29 is 4.74 Å². The van der Waals surface area contributed by atoms with Gasteiger partial charge in [0.25, 0.3) is 0 Å². The summed E-state index contributed by atoms with van der Waals surface area (Å²) in [5.41, 5.74) is 0.0277. The molecule has 0 aliphatic rings. The van der Waals surface area contributed by atoms with E-state index in [1.54, 1.807) is 0 Å². The topological polar surface area (TPSA) is 9.23 Å². The predicted molar refractivity (Wildman–Crippen MR) is 86.6 cm³/mol. The minimum absolute atomic E-state index is 0.0277. The van der Waals surface area contributed by atoms with Crippen LogP contribution in [-0.4, -0.2) is 12.2 Å².